The zero-order chi connectivity index (χ0) is 29.0. The lowest BCUT2D eigenvalue weighted by atomic mass is 9.90. The molecule has 0 aliphatic carbocycles. The van der Waals surface area contributed by atoms with Crippen molar-refractivity contribution in [3.8, 4) is 11.6 Å². The monoisotopic (exact) mass is 561 g/mol. The van der Waals surface area contributed by atoms with Crippen LogP contribution in [0.3, 0.4) is 0 Å². The Morgan fingerprint density at radius 1 is 1.13 bits per heavy atom. The van der Waals surface area contributed by atoms with Crippen LogP contribution in [0.25, 0.3) is 5.69 Å². The number of carbonyl (C=O) groups excluding carboxylic acids is 1. The molecule has 0 saturated heterocycles. The number of nitrogens with one attached hydrogen (secondary N) is 1. The first-order valence-electron chi connectivity index (χ1n) is 12.2. The maximum Gasteiger partial charge on any atom is 0.305 e. The van der Waals surface area contributed by atoms with Crippen molar-refractivity contribution in [1.82, 2.24) is 15.1 Å². The molecule has 0 bridgehead atoms. The first kappa shape index (κ1) is 29.8. The van der Waals surface area contributed by atoms with Crippen LogP contribution < -0.4 is 10.1 Å². The lowest BCUT2D eigenvalue weighted by Crippen LogP contribution is -2.32. The Bertz CT molecular complexity index is 1430. The van der Waals surface area contributed by atoms with Crippen LogP contribution >= 0.6 is 0 Å². The van der Waals surface area contributed by atoms with Crippen molar-refractivity contribution in [2.75, 3.05) is 12.4 Å². The maximum absolute atomic E-state index is 14.6. The summed E-state index contributed by atoms with van der Waals surface area (Å²) in [6.07, 6.45) is -1.36. The van der Waals surface area contributed by atoms with E-state index in [-0.39, 0.29) is 34.5 Å². The van der Waals surface area contributed by atoms with E-state index >= 15 is 0 Å². The predicted molar refractivity (Wildman–Crippen MR) is 141 cm³/mol. The number of halogens is 1. The minimum absolute atomic E-state index is 0.00235. The van der Waals surface area contributed by atoms with Crippen LogP contribution in [0.4, 0.5) is 4.39 Å². The van der Waals surface area contributed by atoms with Gasteiger partial charge < -0.3 is 20.3 Å². The number of aliphatic carboxylic acids is 1. The summed E-state index contributed by atoms with van der Waals surface area (Å²) < 4.78 is 45.7. The Balaban J connectivity index is 1.93. The summed E-state index contributed by atoms with van der Waals surface area (Å²) in [6, 6.07) is 11.6. The van der Waals surface area contributed by atoms with Crippen molar-refractivity contribution < 1.29 is 37.3 Å². The van der Waals surface area contributed by atoms with E-state index < -0.39 is 51.5 Å². The molecule has 0 radical (unpaired) electrons. The molecule has 3 rings (SSSR count). The topological polar surface area (TPSA) is 148 Å². The number of aliphatic hydroxyl groups excluding tert-OH is 1. The van der Waals surface area contributed by atoms with Gasteiger partial charge in [-0.3, -0.25) is 9.59 Å². The standard InChI is InChI=1S/C27H32FN3O7S/c1-5-39(36,37)18-12-10-17(11-13-18)20(15-25(33)34)29-26(35)21-14-24(38-16-23(32)27(2,3)4)31(30-21)22-9-7-6-8-19(22)28/h6-14,20,23,32H,5,15-16H2,1-4H3,(H,29,35)(H,33,34)/t20-,23+/m0/s1. The number of aliphatic hydroxyl groups is 1. The molecule has 0 aliphatic rings. The molecule has 0 saturated carbocycles. The van der Waals surface area contributed by atoms with Gasteiger partial charge in [0.05, 0.1) is 29.2 Å². The molecule has 210 valence electrons. The smallest absolute Gasteiger partial charge is 0.305 e. The quantitative estimate of drug-likeness (QED) is 0.322. The van der Waals surface area contributed by atoms with Gasteiger partial charge in [-0.2, -0.15) is 9.78 Å². The first-order valence-corrected chi connectivity index (χ1v) is 13.9. The van der Waals surface area contributed by atoms with E-state index in [1.54, 1.807) is 6.07 Å². The number of amides is 1. The number of para-hydroxylation sites is 1. The molecule has 1 heterocycles. The lowest BCUT2D eigenvalue weighted by molar-refractivity contribution is -0.137. The van der Waals surface area contributed by atoms with Crippen LogP contribution in [0.1, 0.15) is 56.2 Å². The van der Waals surface area contributed by atoms with Gasteiger partial charge in [-0.1, -0.05) is 52.0 Å². The predicted octanol–water partition coefficient (Wildman–Crippen LogP) is 3.54. The van der Waals surface area contributed by atoms with Crippen molar-refractivity contribution in [3.63, 3.8) is 0 Å². The fourth-order valence-corrected chi connectivity index (χ4v) is 4.41. The fourth-order valence-electron chi connectivity index (χ4n) is 3.52. The third-order valence-electron chi connectivity index (χ3n) is 6.08. The average molecular weight is 562 g/mol. The number of hydrogen-bond acceptors (Lipinski definition) is 7. The highest BCUT2D eigenvalue weighted by atomic mass is 32.2. The van der Waals surface area contributed by atoms with Crippen LogP contribution in [0.2, 0.25) is 0 Å². The third-order valence-corrected chi connectivity index (χ3v) is 7.83. The molecular formula is C27H32FN3O7S. The summed E-state index contributed by atoms with van der Waals surface area (Å²) in [6.45, 7) is 6.82. The normalized spacial score (nSPS) is 13.5. The van der Waals surface area contributed by atoms with Gasteiger partial charge in [0.2, 0.25) is 5.88 Å². The largest absolute Gasteiger partial charge is 0.481 e. The Hall–Kier alpha value is -3.77. The Morgan fingerprint density at radius 2 is 1.77 bits per heavy atom. The molecule has 2 aromatic carbocycles. The van der Waals surface area contributed by atoms with Crippen LogP contribution in [0.5, 0.6) is 5.88 Å². The van der Waals surface area contributed by atoms with Crippen molar-refractivity contribution in [3.05, 3.63) is 71.7 Å². The van der Waals surface area contributed by atoms with E-state index in [4.69, 9.17) is 4.74 Å². The molecule has 39 heavy (non-hydrogen) atoms. The zero-order valence-corrected chi connectivity index (χ0v) is 22.9. The SMILES string of the molecule is CCS(=O)(=O)c1ccc([C@H](CC(=O)O)NC(=O)c2cc(OC[C@@H](O)C(C)(C)C)n(-c3ccccc3F)n2)cc1. The van der Waals surface area contributed by atoms with Gasteiger partial charge in [0, 0.05) is 6.07 Å². The van der Waals surface area contributed by atoms with E-state index in [1.165, 1.54) is 55.5 Å². The molecule has 3 N–H and O–H groups in total. The third kappa shape index (κ3) is 7.42. The van der Waals surface area contributed by atoms with E-state index in [0.717, 1.165) is 4.68 Å². The van der Waals surface area contributed by atoms with Crippen molar-refractivity contribution in [2.45, 2.75) is 51.2 Å². The van der Waals surface area contributed by atoms with Gasteiger partial charge in [0.25, 0.3) is 5.91 Å². The number of nitrogens with zero attached hydrogens (tertiary/aromatic N) is 2. The number of carbonyl (C=O) groups is 2. The number of carboxylic acid groups (broad SMARTS) is 1. The highest BCUT2D eigenvalue weighted by Crippen LogP contribution is 2.26. The number of benzene rings is 2. The second kappa shape index (κ2) is 12.0. The Labute approximate surface area is 226 Å². The van der Waals surface area contributed by atoms with Crippen LogP contribution in [-0.4, -0.2) is 58.8 Å². The molecule has 0 spiro atoms. The summed E-state index contributed by atoms with van der Waals surface area (Å²) >= 11 is 0. The van der Waals surface area contributed by atoms with Gasteiger partial charge in [-0.05, 0) is 35.2 Å². The number of hydrogen-bond donors (Lipinski definition) is 3. The number of ether oxygens (including phenoxy) is 1. The number of carboxylic acids is 1. The van der Waals surface area contributed by atoms with E-state index in [2.05, 4.69) is 10.4 Å². The minimum atomic E-state index is -3.46. The Kier molecular flexibility index (Phi) is 9.13. The number of sulfone groups is 1. The summed E-state index contributed by atoms with van der Waals surface area (Å²) in [5, 5.41) is 26.6. The molecule has 0 unspecified atom stereocenters. The summed E-state index contributed by atoms with van der Waals surface area (Å²) in [5.41, 5.74) is -0.302. The van der Waals surface area contributed by atoms with Crippen molar-refractivity contribution in [2.24, 2.45) is 5.41 Å². The zero-order valence-electron chi connectivity index (χ0n) is 22.1. The maximum atomic E-state index is 14.6. The second-order valence-corrected chi connectivity index (χ2v) is 12.3. The first-order chi connectivity index (χ1) is 18.2. The molecule has 2 atom stereocenters. The molecule has 1 amide bonds. The van der Waals surface area contributed by atoms with Crippen molar-refractivity contribution >= 4 is 21.7 Å². The van der Waals surface area contributed by atoms with Gasteiger partial charge in [-0.25, -0.2) is 12.8 Å². The summed E-state index contributed by atoms with van der Waals surface area (Å²) in [4.78, 5) is 24.8. The van der Waals surface area contributed by atoms with Crippen LogP contribution in [-0.2, 0) is 14.6 Å². The lowest BCUT2D eigenvalue weighted by Gasteiger charge is -2.25. The van der Waals surface area contributed by atoms with E-state index in [1.807, 2.05) is 20.8 Å². The number of aromatic nitrogens is 2. The molecule has 10 nitrogen and oxygen atoms in total. The van der Waals surface area contributed by atoms with Gasteiger partial charge in [-0.15, -0.1) is 0 Å². The molecule has 0 fully saturated rings. The van der Waals surface area contributed by atoms with Gasteiger partial charge in [0.15, 0.2) is 15.5 Å². The highest BCUT2D eigenvalue weighted by molar-refractivity contribution is 7.91. The summed E-state index contributed by atoms with van der Waals surface area (Å²) in [7, 11) is -3.46. The van der Waals surface area contributed by atoms with Crippen molar-refractivity contribution in [1.29, 1.82) is 0 Å². The van der Waals surface area contributed by atoms with Crippen LogP contribution in [0, 0.1) is 11.2 Å². The fraction of sp³-hybridized carbons (Fsp3) is 0.370. The molecule has 1 aromatic heterocycles. The number of rotatable bonds is 11. The van der Waals surface area contributed by atoms with E-state index in [9.17, 15) is 32.6 Å². The van der Waals surface area contributed by atoms with Gasteiger partial charge in [0.1, 0.15) is 18.1 Å². The molecule has 3 aromatic rings. The summed E-state index contributed by atoms with van der Waals surface area (Å²) in [5.74, 6) is -2.67. The Morgan fingerprint density at radius 3 is 2.33 bits per heavy atom. The van der Waals surface area contributed by atoms with Crippen LogP contribution in [0.15, 0.2) is 59.5 Å². The highest BCUT2D eigenvalue weighted by Gasteiger charge is 2.26. The molecular weight excluding hydrogens is 529 g/mol. The molecule has 0 aliphatic heterocycles. The second-order valence-electron chi connectivity index (χ2n) is 10.0. The average Bonchev–Trinajstić information content (AvgIpc) is 3.30. The van der Waals surface area contributed by atoms with Gasteiger partial charge >= 0.3 is 5.97 Å². The van der Waals surface area contributed by atoms with E-state index in [0.29, 0.717) is 5.56 Å². The minimum Gasteiger partial charge on any atom is -0.481 e. The molecule has 12 heteroatoms.